The van der Waals surface area contributed by atoms with E-state index in [4.69, 9.17) is 4.42 Å². The molecule has 0 unspecified atom stereocenters. The van der Waals surface area contributed by atoms with Crippen LogP contribution in [0.3, 0.4) is 0 Å². The number of fused-ring (bicyclic) bond motifs is 18. The van der Waals surface area contributed by atoms with Crippen molar-refractivity contribution in [1.29, 1.82) is 0 Å². The summed E-state index contributed by atoms with van der Waals surface area (Å²) in [6.07, 6.45) is 24.2. The third-order valence-electron chi connectivity index (χ3n) is 22.8. The van der Waals surface area contributed by atoms with Crippen LogP contribution in [0.1, 0.15) is 190 Å². The number of nitrogens with zero attached hydrogens (tertiary/aromatic N) is 1. The molecule has 1 heterocycles. The van der Waals surface area contributed by atoms with E-state index < -0.39 is 5.41 Å². The number of benzene rings is 10. The summed E-state index contributed by atoms with van der Waals surface area (Å²) in [5, 5.41) is 2.37. The van der Waals surface area contributed by atoms with Crippen molar-refractivity contribution in [2.24, 2.45) is 0 Å². The Hall–Kier alpha value is -8.98. The molecule has 94 heavy (non-hydrogen) atoms. The molecule has 0 bridgehead atoms. The summed E-state index contributed by atoms with van der Waals surface area (Å²) < 4.78 is 7.20. The maximum Gasteiger partial charge on any atom is 0.144 e. The largest absolute Gasteiger partial charge is 0.455 e. The van der Waals surface area contributed by atoms with Crippen molar-refractivity contribution < 1.29 is 4.42 Å². The molecule has 0 fully saturated rings. The average Bonchev–Trinajstić information content (AvgIpc) is 1.51. The predicted molar refractivity (Wildman–Crippen MR) is 402 cm³/mol. The Bertz CT molecular complexity index is 4810. The summed E-state index contributed by atoms with van der Waals surface area (Å²) in [7, 11) is 0. The Morgan fingerprint density at radius 3 is 1.45 bits per heavy atom. The molecule has 11 aromatic rings. The van der Waals surface area contributed by atoms with Gasteiger partial charge < -0.3 is 9.32 Å². The van der Waals surface area contributed by atoms with Gasteiger partial charge in [0.1, 0.15) is 11.2 Å². The van der Waals surface area contributed by atoms with E-state index in [0.717, 1.165) is 33.6 Å². The van der Waals surface area contributed by atoms with Gasteiger partial charge in [-0.3, -0.25) is 0 Å². The van der Waals surface area contributed by atoms with Gasteiger partial charge in [-0.05, 0) is 196 Å². The zero-order valence-corrected chi connectivity index (χ0v) is 56.9. The Kier molecular flexibility index (Phi) is 15.7. The SMILES string of the molecule is C=C/C=C(\C=C)N(c1ccc(-c2ccccc2)cc1)c1ccc2c(c1)C(C)(C)c1c3c(c4c(oc5ccccc54)c1-2)-c1ccc(-c2ccc4c(c2)C(C)(C)c2cc(-c5ccc6c(c5)C(CCCCCCCC)(CCCCCCCC)c5ccccc5-6)ccc2-4)cc1C3(C)C. The van der Waals surface area contributed by atoms with Gasteiger partial charge in [-0.1, -0.05) is 291 Å². The molecule has 470 valence electrons. The quantitative estimate of drug-likeness (QED) is 0.0497. The van der Waals surface area contributed by atoms with Crippen LogP contribution in [0.5, 0.6) is 0 Å². The first-order chi connectivity index (χ1) is 45.7. The van der Waals surface area contributed by atoms with E-state index >= 15 is 0 Å². The Morgan fingerprint density at radius 1 is 0.394 bits per heavy atom. The second-order valence-electron chi connectivity index (χ2n) is 29.4. The predicted octanol–water partition coefficient (Wildman–Crippen LogP) is 26.7. The maximum absolute atomic E-state index is 7.20. The molecule has 0 atom stereocenters. The summed E-state index contributed by atoms with van der Waals surface area (Å²) >= 11 is 0. The first kappa shape index (κ1) is 61.2. The molecule has 0 N–H and O–H groups in total. The molecule has 2 heteroatoms. The van der Waals surface area contributed by atoms with E-state index in [9.17, 15) is 0 Å². The molecule has 10 aromatic carbocycles. The smallest absolute Gasteiger partial charge is 0.144 e. The third-order valence-corrected chi connectivity index (χ3v) is 22.8. The van der Waals surface area contributed by atoms with E-state index in [1.54, 1.807) is 11.1 Å². The second-order valence-corrected chi connectivity index (χ2v) is 29.4. The number of hydrogen-bond acceptors (Lipinski definition) is 2. The van der Waals surface area contributed by atoms with E-state index in [2.05, 4.69) is 268 Å². The highest BCUT2D eigenvalue weighted by atomic mass is 16.3. The van der Waals surface area contributed by atoms with Crippen LogP contribution in [0.4, 0.5) is 11.4 Å². The van der Waals surface area contributed by atoms with Crippen molar-refractivity contribution >= 4 is 33.3 Å². The van der Waals surface area contributed by atoms with Crippen molar-refractivity contribution in [3.8, 4) is 77.9 Å². The Morgan fingerprint density at radius 2 is 0.840 bits per heavy atom. The molecule has 4 aliphatic rings. The lowest BCUT2D eigenvalue weighted by atomic mass is 9.70. The molecular weight excluding hydrogens is 1140 g/mol. The summed E-state index contributed by atoms with van der Waals surface area (Å²) in [6.45, 7) is 27.8. The molecule has 15 rings (SSSR count). The summed E-state index contributed by atoms with van der Waals surface area (Å²) in [5.41, 5.74) is 33.6. The first-order valence-corrected chi connectivity index (χ1v) is 35.5. The first-order valence-electron chi connectivity index (χ1n) is 35.5. The molecule has 1 aromatic heterocycles. The van der Waals surface area contributed by atoms with E-state index in [1.165, 1.54) is 207 Å². The third kappa shape index (κ3) is 9.78. The van der Waals surface area contributed by atoms with Gasteiger partial charge in [0.15, 0.2) is 0 Å². The van der Waals surface area contributed by atoms with Crippen molar-refractivity contribution in [2.75, 3.05) is 4.90 Å². The number of allylic oxidation sites excluding steroid dienone is 3. The number of furan rings is 1. The van der Waals surface area contributed by atoms with Gasteiger partial charge in [0, 0.05) is 55.1 Å². The zero-order chi connectivity index (χ0) is 64.7. The zero-order valence-electron chi connectivity index (χ0n) is 56.9. The fourth-order valence-corrected chi connectivity index (χ4v) is 17.9. The highest BCUT2D eigenvalue weighted by molar-refractivity contribution is 6.21. The molecule has 2 nitrogen and oxygen atoms in total. The van der Waals surface area contributed by atoms with E-state index in [0.29, 0.717) is 0 Å². The minimum atomic E-state index is -0.392. The standard InChI is InChI=1S/C92H91NO/c1-11-15-17-19-21-30-53-92(54-31-22-20-18-16-12-2)76-37-28-26-35-69(76)72-50-43-65(58-81(72)92)63-42-49-71-70-48-41-62(55-77(70)89(5,6)78(71)56-63)64-44-51-73-79(57-64)90(7,8)86-83(73)84-75-36-27-29-38-82(75)94-88(84)85-74-52-47-68(59-80(74)91(9,10)87(85)86)93(66(14-4)32-13-3)67-45-39-61(40-46-67)60-33-24-23-25-34-60/h13-14,23-29,32-52,55-59H,3-4,11-12,15-22,30-31,53-54H2,1-2,5-10H3/b66-32+. The molecule has 0 amide bonds. The summed E-state index contributed by atoms with van der Waals surface area (Å²) in [6, 6.07) is 74.3. The lowest BCUT2D eigenvalue weighted by molar-refractivity contribution is 0.398. The van der Waals surface area contributed by atoms with Crippen LogP contribution in [0, 0.1) is 0 Å². The van der Waals surface area contributed by atoms with Crippen LogP contribution in [0.15, 0.2) is 236 Å². The lowest BCUT2D eigenvalue weighted by Crippen LogP contribution is -2.25. The monoisotopic (exact) mass is 1230 g/mol. The fourth-order valence-electron chi connectivity index (χ4n) is 17.9. The molecule has 4 aliphatic carbocycles. The average molecular weight is 1230 g/mol. The van der Waals surface area contributed by atoms with E-state index in [-0.39, 0.29) is 16.2 Å². The molecular formula is C92H91NO. The van der Waals surface area contributed by atoms with Crippen molar-refractivity contribution in [1.82, 2.24) is 0 Å². The number of rotatable bonds is 22. The van der Waals surface area contributed by atoms with Crippen molar-refractivity contribution in [3.05, 3.63) is 276 Å². The summed E-state index contributed by atoms with van der Waals surface area (Å²) in [4.78, 5) is 2.31. The molecule has 0 saturated heterocycles. The minimum absolute atomic E-state index is 0.0452. The highest BCUT2D eigenvalue weighted by Gasteiger charge is 2.49. The number of unbranched alkanes of at least 4 members (excludes halogenated alkanes) is 10. The van der Waals surface area contributed by atoms with Gasteiger partial charge in [0.2, 0.25) is 0 Å². The number of hydrogen-bond donors (Lipinski definition) is 0. The van der Waals surface area contributed by atoms with Gasteiger partial charge in [-0.15, -0.1) is 0 Å². The van der Waals surface area contributed by atoms with Crippen LogP contribution in [0.2, 0.25) is 0 Å². The normalized spacial score (nSPS) is 15.3. The molecule has 0 saturated carbocycles. The Balaban J connectivity index is 0.777. The van der Waals surface area contributed by atoms with Gasteiger partial charge in [-0.2, -0.15) is 0 Å². The highest BCUT2D eigenvalue weighted by Crippen LogP contribution is 2.64. The summed E-state index contributed by atoms with van der Waals surface area (Å²) in [5.74, 6) is 0. The Labute approximate surface area is 559 Å². The lowest BCUT2D eigenvalue weighted by Gasteiger charge is -2.33. The molecule has 0 aliphatic heterocycles. The second kappa shape index (κ2) is 24.1. The van der Waals surface area contributed by atoms with Gasteiger partial charge >= 0.3 is 0 Å². The fraction of sp³-hybridized carbons (Fsp3) is 0.283. The number of para-hydroxylation sites is 1. The van der Waals surface area contributed by atoms with Crippen LogP contribution in [0.25, 0.3) is 99.8 Å². The van der Waals surface area contributed by atoms with E-state index in [1.807, 2.05) is 18.2 Å². The van der Waals surface area contributed by atoms with Crippen LogP contribution in [-0.4, -0.2) is 0 Å². The van der Waals surface area contributed by atoms with Crippen LogP contribution in [-0.2, 0) is 21.7 Å². The van der Waals surface area contributed by atoms with Gasteiger partial charge in [0.25, 0.3) is 0 Å². The number of anilines is 2. The van der Waals surface area contributed by atoms with Gasteiger partial charge in [-0.25, -0.2) is 0 Å². The maximum atomic E-state index is 7.20. The molecule has 0 spiro atoms. The van der Waals surface area contributed by atoms with Gasteiger partial charge in [0.05, 0.1) is 0 Å². The van der Waals surface area contributed by atoms with Crippen LogP contribution < -0.4 is 4.90 Å². The van der Waals surface area contributed by atoms with Crippen molar-refractivity contribution in [2.45, 2.75) is 167 Å². The topological polar surface area (TPSA) is 16.4 Å². The van der Waals surface area contributed by atoms with Crippen molar-refractivity contribution in [3.63, 3.8) is 0 Å². The van der Waals surface area contributed by atoms with Crippen LogP contribution >= 0.6 is 0 Å². The minimum Gasteiger partial charge on any atom is -0.455 e. The molecule has 0 radical (unpaired) electrons.